The standard InChI is InChI=1S/C16H23NO/c1-12-4-5-16(10-13(12)2)11-15-6-8-17(9-7-15)14(3)18/h4-5,10,15H,6-9,11H2,1-3H3. The number of piperidine rings is 1. The Hall–Kier alpha value is -1.31. The van der Waals surface area contributed by atoms with Gasteiger partial charge in [0.2, 0.25) is 5.91 Å². The highest BCUT2D eigenvalue weighted by Crippen LogP contribution is 2.22. The van der Waals surface area contributed by atoms with Crippen molar-refractivity contribution >= 4 is 5.91 Å². The Balaban J connectivity index is 1.91. The first-order chi connectivity index (χ1) is 8.56. The van der Waals surface area contributed by atoms with Crippen molar-refractivity contribution in [3.05, 3.63) is 34.9 Å². The SMILES string of the molecule is CC(=O)N1CCC(Cc2ccc(C)c(C)c2)CC1. The molecule has 1 aliphatic rings. The maximum absolute atomic E-state index is 11.3. The van der Waals surface area contributed by atoms with Gasteiger partial charge >= 0.3 is 0 Å². The lowest BCUT2D eigenvalue weighted by molar-refractivity contribution is -0.130. The smallest absolute Gasteiger partial charge is 0.219 e. The third-order valence-electron chi connectivity index (χ3n) is 4.16. The van der Waals surface area contributed by atoms with E-state index in [1.165, 1.54) is 16.7 Å². The second-order valence-corrected chi connectivity index (χ2v) is 5.57. The molecule has 0 atom stereocenters. The Morgan fingerprint density at radius 1 is 1.22 bits per heavy atom. The van der Waals surface area contributed by atoms with Gasteiger partial charge in [-0.05, 0) is 55.7 Å². The van der Waals surface area contributed by atoms with Crippen LogP contribution in [0.1, 0.15) is 36.5 Å². The minimum atomic E-state index is 0.222. The van der Waals surface area contributed by atoms with Crippen LogP contribution >= 0.6 is 0 Å². The molecule has 18 heavy (non-hydrogen) atoms. The van der Waals surface area contributed by atoms with E-state index in [2.05, 4.69) is 32.0 Å². The molecule has 1 amide bonds. The highest BCUT2D eigenvalue weighted by Gasteiger charge is 2.20. The summed E-state index contributed by atoms with van der Waals surface area (Å²) in [7, 11) is 0. The maximum Gasteiger partial charge on any atom is 0.219 e. The number of carbonyl (C=O) groups is 1. The quantitative estimate of drug-likeness (QED) is 0.784. The van der Waals surface area contributed by atoms with Crippen LogP contribution in [-0.2, 0) is 11.2 Å². The lowest BCUT2D eigenvalue weighted by Gasteiger charge is -2.31. The fourth-order valence-electron chi connectivity index (χ4n) is 2.72. The lowest BCUT2D eigenvalue weighted by atomic mass is 9.89. The van der Waals surface area contributed by atoms with Crippen LogP contribution in [-0.4, -0.2) is 23.9 Å². The monoisotopic (exact) mass is 245 g/mol. The van der Waals surface area contributed by atoms with Crippen LogP contribution in [0.25, 0.3) is 0 Å². The highest BCUT2D eigenvalue weighted by molar-refractivity contribution is 5.73. The summed E-state index contributed by atoms with van der Waals surface area (Å²) in [4.78, 5) is 13.2. The number of nitrogens with zero attached hydrogens (tertiary/aromatic N) is 1. The predicted octanol–water partition coefficient (Wildman–Crippen LogP) is 3.10. The summed E-state index contributed by atoms with van der Waals surface area (Å²) in [6, 6.07) is 6.78. The van der Waals surface area contributed by atoms with E-state index in [-0.39, 0.29) is 5.91 Å². The van der Waals surface area contributed by atoms with Gasteiger partial charge < -0.3 is 4.90 Å². The minimum absolute atomic E-state index is 0.222. The van der Waals surface area contributed by atoms with E-state index >= 15 is 0 Å². The zero-order chi connectivity index (χ0) is 13.1. The van der Waals surface area contributed by atoms with Crippen molar-refractivity contribution in [2.75, 3.05) is 13.1 Å². The van der Waals surface area contributed by atoms with Gasteiger partial charge in [0.25, 0.3) is 0 Å². The molecule has 98 valence electrons. The molecule has 2 nitrogen and oxygen atoms in total. The zero-order valence-corrected chi connectivity index (χ0v) is 11.7. The number of rotatable bonds is 2. The van der Waals surface area contributed by atoms with Crippen LogP contribution in [0.4, 0.5) is 0 Å². The second kappa shape index (κ2) is 5.55. The molecule has 0 spiro atoms. The molecule has 0 saturated carbocycles. The van der Waals surface area contributed by atoms with Gasteiger partial charge in [0.15, 0.2) is 0 Å². The number of likely N-dealkylation sites (tertiary alicyclic amines) is 1. The maximum atomic E-state index is 11.3. The van der Waals surface area contributed by atoms with Gasteiger partial charge in [0, 0.05) is 20.0 Å². The number of hydrogen-bond acceptors (Lipinski definition) is 1. The van der Waals surface area contributed by atoms with Gasteiger partial charge in [0.1, 0.15) is 0 Å². The topological polar surface area (TPSA) is 20.3 Å². The number of hydrogen-bond donors (Lipinski definition) is 0. The van der Waals surface area contributed by atoms with Gasteiger partial charge in [-0.3, -0.25) is 4.79 Å². The third kappa shape index (κ3) is 3.12. The molecule has 0 aromatic heterocycles. The molecule has 1 saturated heterocycles. The molecule has 0 N–H and O–H groups in total. The fourth-order valence-corrected chi connectivity index (χ4v) is 2.72. The molecule has 1 aliphatic heterocycles. The van der Waals surface area contributed by atoms with E-state index in [1.807, 2.05) is 4.90 Å². The van der Waals surface area contributed by atoms with Gasteiger partial charge in [-0.25, -0.2) is 0 Å². The first-order valence-electron chi connectivity index (χ1n) is 6.88. The summed E-state index contributed by atoms with van der Waals surface area (Å²) in [5.74, 6) is 0.960. The largest absolute Gasteiger partial charge is 0.343 e. The summed E-state index contributed by atoms with van der Waals surface area (Å²) in [5, 5.41) is 0. The van der Waals surface area contributed by atoms with E-state index in [9.17, 15) is 4.79 Å². The number of aryl methyl sites for hydroxylation is 2. The van der Waals surface area contributed by atoms with Crippen molar-refractivity contribution < 1.29 is 4.79 Å². The van der Waals surface area contributed by atoms with Crippen LogP contribution in [0.3, 0.4) is 0 Å². The van der Waals surface area contributed by atoms with Crippen LogP contribution < -0.4 is 0 Å². The van der Waals surface area contributed by atoms with Crippen LogP contribution in [0.2, 0.25) is 0 Å². The van der Waals surface area contributed by atoms with Crippen molar-refractivity contribution in [1.82, 2.24) is 4.90 Å². The molecule has 1 heterocycles. The van der Waals surface area contributed by atoms with E-state index in [0.29, 0.717) is 0 Å². The summed E-state index contributed by atoms with van der Waals surface area (Å²) in [5.41, 5.74) is 4.19. The van der Waals surface area contributed by atoms with E-state index in [4.69, 9.17) is 0 Å². The Labute approximate surface area is 110 Å². The molecule has 0 aliphatic carbocycles. The summed E-state index contributed by atoms with van der Waals surface area (Å²) >= 11 is 0. The Morgan fingerprint density at radius 2 is 1.89 bits per heavy atom. The van der Waals surface area contributed by atoms with Crippen LogP contribution in [0.15, 0.2) is 18.2 Å². The van der Waals surface area contributed by atoms with Crippen molar-refractivity contribution in [2.24, 2.45) is 5.92 Å². The fraction of sp³-hybridized carbons (Fsp3) is 0.562. The van der Waals surface area contributed by atoms with Gasteiger partial charge in [-0.1, -0.05) is 18.2 Å². The van der Waals surface area contributed by atoms with Crippen LogP contribution in [0.5, 0.6) is 0 Å². The molecule has 2 heteroatoms. The summed E-state index contributed by atoms with van der Waals surface area (Å²) < 4.78 is 0. The molecule has 1 aromatic rings. The van der Waals surface area contributed by atoms with Gasteiger partial charge in [-0.15, -0.1) is 0 Å². The van der Waals surface area contributed by atoms with Gasteiger partial charge in [0.05, 0.1) is 0 Å². The first-order valence-corrected chi connectivity index (χ1v) is 6.88. The van der Waals surface area contributed by atoms with Crippen LogP contribution in [0, 0.1) is 19.8 Å². The highest BCUT2D eigenvalue weighted by atomic mass is 16.2. The van der Waals surface area contributed by atoms with Crippen molar-refractivity contribution in [3.63, 3.8) is 0 Å². The number of amides is 1. The van der Waals surface area contributed by atoms with Crippen molar-refractivity contribution in [3.8, 4) is 0 Å². The van der Waals surface area contributed by atoms with E-state index in [1.54, 1.807) is 6.92 Å². The minimum Gasteiger partial charge on any atom is -0.343 e. The first kappa shape index (κ1) is 13.1. The Bertz CT molecular complexity index is 431. The van der Waals surface area contributed by atoms with E-state index < -0.39 is 0 Å². The Morgan fingerprint density at radius 3 is 2.44 bits per heavy atom. The third-order valence-corrected chi connectivity index (χ3v) is 4.16. The molecule has 1 fully saturated rings. The predicted molar refractivity (Wildman–Crippen MR) is 74.6 cm³/mol. The molecule has 2 rings (SSSR count). The normalized spacial score (nSPS) is 16.9. The molecular formula is C16H23NO. The second-order valence-electron chi connectivity index (χ2n) is 5.57. The molecule has 1 aromatic carbocycles. The molecular weight excluding hydrogens is 222 g/mol. The summed E-state index contributed by atoms with van der Waals surface area (Å²) in [6.07, 6.45) is 3.45. The van der Waals surface area contributed by atoms with Crippen molar-refractivity contribution in [1.29, 1.82) is 0 Å². The van der Waals surface area contributed by atoms with Crippen molar-refractivity contribution in [2.45, 2.75) is 40.0 Å². The summed E-state index contributed by atoms with van der Waals surface area (Å²) in [6.45, 7) is 7.88. The average Bonchev–Trinajstić information content (AvgIpc) is 2.34. The zero-order valence-electron chi connectivity index (χ0n) is 11.7. The molecule has 0 bridgehead atoms. The number of carbonyl (C=O) groups excluding carboxylic acids is 1. The molecule has 0 unspecified atom stereocenters. The van der Waals surface area contributed by atoms with Gasteiger partial charge in [-0.2, -0.15) is 0 Å². The average molecular weight is 245 g/mol. The van der Waals surface area contributed by atoms with E-state index in [0.717, 1.165) is 38.3 Å². The lowest BCUT2D eigenvalue weighted by Crippen LogP contribution is -2.37. The Kier molecular flexibility index (Phi) is 4.05. The molecule has 0 radical (unpaired) electrons. The number of benzene rings is 1.